The van der Waals surface area contributed by atoms with Crippen LogP contribution in [0.15, 0.2) is 30.5 Å². The van der Waals surface area contributed by atoms with E-state index in [9.17, 15) is 4.79 Å². The molecule has 208 valence electrons. The first kappa shape index (κ1) is 27.8. The zero-order valence-electron chi connectivity index (χ0n) is 23.7. The molecule has 3 aliphatic heterocycles. The summed E-state index contributed by atoms with van der Waals surface area (Å²) in [6, 6.07) is 9.07. The summed E-state index contributed by atoms with van der Waals surface area (Å²) in [5.74, 6) is 4.65. The Kier molecular flexibility index (Phi) is 9.53. The normalized spacial score (nSPS) is 29.8. The molecular weight excluding hydrogens is 490 g/mol. The zero-order chi connectivity index (χ0) is 26.5. The van der Waals surface area contributed by atoms with Crippen molar-refractivity contribution in [3.63, 3.8) is 0 Å². The van der Waals surface area contributed by atoms with E-state index in [1.807, 2.05) is 6.20 Å². The number of nitrogens with one attached hydrogen (secondary N) is 2. The minimum Gasteiger partial charge on any atom is -0.435 e. The van der Waals surface area contributed by atoms with Gasteiger partial charge in [0.15, 0.2) is 6.10 Å². The van der Waals surface area contributed by atoms with Gasteiger partial charge in [0, 0.05) is 41.9 Å². The van der Waals surface area contributed by atoms with Crippen molar-refractivity contribution in [3.8, 4) is 0 Å². The van der Waals surface area contributed by atoms with Gasteiger partial charge < -0.3 is 15.0 Å². The van der Waals surface area contributed by atoms with Gasteiger partial charge in [0.05, 0.1) is 18.6 Å². The number of hydrogen-bond acceptors (Lipinski definition) is 4. The van der Waals surface area contributed by atoms with Crippen molar-refractivity contribution in [2.45, 2.75) is 96.7 Å². The number of aromatic nitrogens is 1. The monoisotopic (exact) mass is 538 g/mol. The van der Waals surface area contributed by atoms with Crippen molar-refractivity contribution in [3.05, 3.63) is 41.6 Å². The first-order chi connectivity index (χ1) is 18.5. The summed E-state index contributed by atoms with van der Waals surface area (Å²) in [7, 11) is 0. The Morgan fingerprint density at radius 1 is 1.21 bits per heavy atom. The van der Waals surface area contributed by atoms with Gasteiger partial charge in [-0.05, 0) is 80.6 Å². The highest BCUT2D eigenvalue weighted by Crippen LogP contribution is 2.37. The fourth-order valence-corrected chi connectivity index (χ4v) is 8.31. The van der Waals surface area contributed by atoms with Crippen molar-refractivity contribution >= 4 is 28.8 Å². The van der Waals surface area contributed by atoms with Crippen LogP contribution in [0.3, 0.4) is 0 Å². The van der Waals surface area contributed by atoms with Crippen LogP contribution in [0.5, 0.6) is 0 Å². The number of piperidine rings is 3. The molecule has 2 aromatic rings. The Bertz CT molecular complexity index is 1080. The smallest absolute Gasteiger partial charge is 0.408 e. The van der Waals surface area contributed by atoms with Crippen molar-refractivity contribution in [1.82, 2.24) is 10.3 Å². The van der Waals surface area contributed by atoms with Gasteiger partial charge in [-0.2, -0.15) is 11.8 Å². The van der Waals surface area contributed by atoms with Crippen LogP contribution in [0.25, 0.3) is 10.9 Å². The Labute approximate surface area is 233 Å². The molecule has 6 rings (SSSR count). The summed E-state index contributed by atoms with van der Waals surface area (Å²) in [5.41, 5.74) is 3.32. The molecule has 0 spiro atoms. The van der Waals surface area contributed by atoms with Crippen LogP contribution in [0, 0.1) is 24.7 Å². The van der Waals surface area contributed by atoms with E-state index in [0.717, 1.165) is 41.1 Å². The van der Waals surface area contributed by atoms with Crippen molar-refractivity contribution in [2.75, 3.05) is 24.6 Å². The van der Waals surface area contributed by atoms with Crippen molar-refractivity contribution < 1.29 is 14.4 Å². The Hall–Kier alpha value is -1.79. The number of hydrogen-bond donors (Lipinski definition) is 2. The highest BCUT2D eigenvalue weighted by molar-refractivity contribution is 7.99. The summed E-state index contributed by atoms with van der Waals surface area (Å²) < 4.78 is 6.49. The van der Waals surface area contributed by atoms with Crippen LogP contribution in [0.4, 0.5) is 4.79 Å². The maximum Gasteiger partial charge on any atom is 0.408 e. The summed E-state index contributed by atoms with van der Waals surface area (Å²) in [6.07, 6.45) is 12.5. The van der Waals surface area contributed by atoms with Crippen LogP contribution in [0.1, 0.15) is 88.9 Å². The summed E-state index contributed by atoms with van der Waals surface area (Å²) in [4.78, 5) is 19.7. The van der Waals surface area contributed by atoms with Gasteiger partial charge in [0.25, 0.3) is 0 Å². The van der Waals surface area contributed by atoms with Crippen molar-refractivity contribution in [2.24, 2.45) is 17.8 Å². The molecule has 38 heavy (non-hydrogen) atoms. The fraction of sp³-hybridized carbons (Fsp3) is 0.688. The predicted molar refractivity (Wildman–Crippen MR) is 158 cm³/mol. The number of quaternary nitrogens is 1. The molecule has 1 amide bonds. The van der Waals surface area contributed by atoms with E-state index >= 15 is 0 Å². The number of ether oxygens (including phenoxy) is 1. The van der Waals surface area contributed by atoms with Crippen LogP contribution in [-0.4, -0.2) is 47.8 Å². The van der Waals surface area contributed by atoms with Crippen LogP contribution < -0.4 is 10.2 Å². The standard InChI is InChI=1S/C32H47N3O2S/c1-4-17-38-18-7-9-25-21-35-16-14-24(25)20-30(35)31(37-32(36)34-28-10-6-5-8-23(28)3)26-13-15-33-29-12-11-22(2)19-27(26)29/h11-13,15,19,23-25,28,30-31H,4-10,14,16-18,20-21H2,1-3H3,(H,34,36)/p+1/t23?,24?,25?,28-,30+,31-/m1/s1. The Balaban J connectivity index is 1.35. The van der Waals surface area contributed by atoms with Gasteiger partial charge in [0.1, 0.15) is 6.04 Å². The molecule has 3 saturated heterocycles. The van der Waals surface area contributed by atoms with E-state index in [-0.39, 0.29) is 18.2 Å². The quantitative estimate of drug-likeness (QED) is 0.359. The molecule has 2 N–H and O–H groups in total. The third-order valence-corrected chi connectivity index (χ3v) is 10.8. The lowest BCUT2D eigenvalue weighted by atomic mass is 9.72. The molecule has 7 atom stereocenters. The van der Waals surface area contributed by atoms with E-state index in [1.54, 1.807) is 4.90 Å². The fourth-order valence-electron chi connectivity index (χ4n) is 7.44. The second-order valence-electron chi connectivity index (χ2n) is 12.3. The largest absolute Gasteiger partial charge is 0.435 e. The van der Waals surface area contributed by atoms with Gasteiger partial charge in [-0.1, -0.05) is 38.3 Å². The SMILES string of the molecule is CCCSCCCC1C[NH+]2CCC1C[C@H]2[C@H](OC(=O)N[C@@H]1CCCCC1C)c1ccnc2ccc(C)cc12. The molecule has 1 aliphatic carbocycles. The molecule has 4 heterocycles. The molecular formula is C32H48N3O2S+. The third-order valence-electron chi connectivity index (χ3n) is 9.57. The van der Waals surface area contributed by atoms with Gasteiger partial charge >= 0.3 is 6.09 Å². The van der Waals surface area contributed by atoms with Crippen molar-refractivity contribution in [1.29, 1.82) is 0 Å². The van der Waals surface area contributed by atoms with E-state index in [0.29, 0.717) is 12.0 Å². The lowest BCUT2D eigenvalue weighted by Crippen LogP contribution is -3.20. The highest BCUT2D eigenvalue weighted by atomic mass is 32.2. The van der Waals surface area contributed by atoms with Gasteiger partial charge in [0.2, 0.25) is 0 Å². The molecule has 2 bridgehead atoms. The number of aryl methyl sites for hydroxylation is 1. The highest BCUT2D eigenvalue weighted by Gasteiger charge is 2.48. The number of benzene rings is 1. The lowest BCUT2D eigenvalue weighted by molar-refractivity contribution is -0.950. The minimum atomic E-state index is -0.250. The summed E-state index contributed by atoms with van der Waals surface area (Å²) >= 11 is 2.11. The molecule has 1 aromatic carbocycles. The number of pyridine rings is 1. The Morgan fingerprint density at radius 3 is 2.87 bits per heavy atom. The first-order valence-corrected chi connectivity index (χ1v) is 16.4. The average Bonchev–Trinajstić information content (AvgIpc) is 2.93. The van der Waals surface area contributed by atoms with E-state index in [4.69, 9.17) is 4.74 Å². The topological polar surface area (TPSA) is 55.7 Å². The molecule has 6 heteroatoms. The number of nitrogens with zero attached hydrogens (tertiary/aromatic N) is 1. The van der Waals surface area contributed by atoms with Crippen LogP contribution in [0.2, 0.25) is 0 Å². The number of fused-ring (bicyclic) bond motifs is 4. The molecule has 4 unspecified atom stereocenters. The summed E-state index contributed by atoms with van der Waals surface area (Å²) in [5, 5.41) is 4.40. The van der Waals surface area contributed by atoms with Gasteiger partial charge in [-0.15, -0.1) is 0 Å². The van der Waals surface area contributed by atoms with E-state index in [1.165, 1.54) is 75.1 Å². The second kappa shape index (κ2) is 13.0. The number of amides is 1. The average molecular weight is 539 g/mol. The lowest BCUT2D eigenvalue weighted by Gasteiger charge is -2.49. The van der Waals surface area contributed by atoms with Gasteiger partial charge in [-0.3, -0.25) is 4.98 Å². The maximum atomic E-state index is 13.4. The maximum absolute atomic E-state index is 13.4. The first-order valence-electron chi connectivity index (χ1n) is 15.3. The Morgan fingerprint density at radius 2 is 2.08 bits per heavy atom. The van der Waals surface area contributed by atoms with E-state index in [2.05, 4.69) is 67.1 Å². The molecule has 4 aliphatic rings. The molecule has 1 saturated carbocycles. The predicted octanol–water partition coefficient (Wildman–Crippen LogP) is 6.11. The number of thioether (sulfide) groups is 1. The van der Waals surface area contributed by atoms with Crippen LogP contribution in [-0.2, 0) is 4.74 Å². The summed E-state index contributed by atoms with van der Waals surface area (Å²) in [6.45, 7) is 9.07. The van der Waals surface area contributed by atoms with Gasteiger partial charge in [-0.25, -0.2) is 4.79 Å². The molecule has 1 aromatic heterocycles. The number of carbonyl (C=O) groups excluding carboxylic acids is 1. The zero-order valence-corrected chi connectivity index (χ0v) is 24.5. The third kappa shape index (κ3) is 6.50. The molecule has 5 nitrogen and oxygen atoms in total. The second-order valence-corrected chi connectivity index (χ2v) is 13.5. The minimum absolute atomic E-state index is 0.221. The number of alkyl carbamates (subject to hydrolysis) is 1. The molecule has 4 fully saturated rings. The van der Waals surface area contributed by atoms with Crippen LogP contribution >= 0.6 is 11.8 Å². The number of carbonyl (C=O) groups is 1. The van der Waals surface area contributed by atoms with E-state index < -0.39 is 0 Å². The molecule has 0 radical (unpaired) electrons. The number of rotatable bonds is 10.